The summed E-state index contributed by atoms with van der Waals surface area (Å²) in [6, 6.07) is 0. The van der Waals surface area contributed by atoms with Crippen LogP contribution >= 0.6 is 0 Å². The van der Waals surface area contributed by atoms with E-state index in [0.29, 0.717) is 0 Å². The quantitative estimate of drug-likeness (QED) is 0.215. The molecule has 0 atom stereocenters. The van der Waals surface area contributed by atoms with Gasteiger partial charge in [0.25, 0.3) is 0 Å². The van der Waals surface area contributed by atoms with Crippen LogP contribution in [0.4, 0.5) is 0 Å². The summed E-state index contributed by atoms with van der Waals surface area (Å²) in [5.74, 6) is 0. The molecule has 0 aliphatic rings. The molecule has 44 valence electrons. The van der Waals surface area contributed by atoms with Crippen molar-refractivity contribution in [3.8, 4) is 0 Å². The van der Waals surface area contributed by atoms with Crippen LogP contribution in [0.2, 0.25) is 0 Å². The first-order valence-corrected chi connectivity index (χ1v) is 2.46. The molecule has 1 N–H and O–H groups in total. The molecule has 8 heavy (non-hydrogen) atoms. The fraction of sp³-hybridized carbons (Fsp3) is 0.800. The molecule has 0 fully saturated rings. The van der Waals surface area contributed by atoms with Crippen molar-refractivity contribution in [2.45, 2.75) is 20.8 Å². The zero-order valence-corrected chi connectivity index (χ0v) is 5.47. The number of rotatable bonds is 0. The van der Waals surface area contributed by atoms with Crippen LogP contribution < -0.4 is 0 Å². The second kappa shape index (κ2) is 2.20. The second-order valence-corrected chi connectivity index (χ2v) is 2.74. The maximum absolute atomic E-state index is 8.13. The van der Waals surface area contributed by atoms with Crippen molar-refractivity contribution in [1.82, 2.24) is 0 Å². The van der Waals surface area contributed by atoms with Gasteiger partial charge in [0, 0.05) is 5.61 Å². The fourth-order valence-corrected chi connectivity index (χ4v) is 0.150. The molecule has 0 aliphatic carbocycles. The minimum absolute atomic E-state index is 0.214. The standard InChI is InChI=1S/C5H10BNO/c1-5(2,3)4(6)7-8/h8H,1-3H3/b7-4+. The molecule has 0 heterocycles. The summed E-state index contributed by atoms with van der Waals surface area (Å²) in [4.78, 5) is 0. The van der Waals surface area contributed by atoms with Crippen molar-refractivity contribution >= 4 is 13.5 Å². The molecule has 0 aromatic heterocycles. The van der Waals surface area contributed by atoms with Crippen LogP contribution in [0, 0.1) is 5.41 Å². The monoisotopic (exact) mass is 111 g/mol. The predicted molar refractivity (Wildman–Crippen MR) is 34.4 cm³/mol. The Morgan fingerprint density at radius 2 is 1.88 bits per heavy atom. The van der Waals surface area contributed by atoms with Crippen LogP contribution in [0.5, 0.6) is 0 Å². The summed E-state index contributed by atoms with van der Waals surface area (Å²) in [6.45, 7) is 5.63. The van der Waals surface area contributed by atoms with E-state index in [1.807, 2.05) is 20.8 Å². The first kappa shape index (κ1) is 7.53. The van der Waals surface area contributed by atoms with Crippen LogP contribution in [0.15, 0.2) is 5.16 Å². The smallest absolute Gasteiger partial charge is 0.140 e. The normalized spacial score (nSPS) is 14.1. The third-order valence-corrected chi connectivity index (χ3v) is 0.876. The Labute approximate surface area is 51.0 Å². The van der Waals surface area contributed by atoms with E-state index in [9.17, 15) is 0 Å². The maximum atomic E-state index is 8.13. The Balaban J connectivity index is 4.03. The molecular formula is C5H10BNO. The molecule has 0 saturated heterocycles. The van der Waals surface area contributed by atoms with Gasteiger partial charge >= 0.3 is 0 Å². The van der Waals surface area contributed by atoms with E-state index in [-0.39, 0.29) is 11.0 Å². The Morgan fingerprint density at radius 1 is 1.50 bits per heavy atom. The van der Waals surface area contributed by atoms with Crippen molar-refractivity contribution in [2.75, 3.05) is 0 Å². The summed E-state index contributed by atoms with van der Waals surface area (Å²) in [5, 5.41) is 11.0. The molecule has 0 saturated carbocycles. The van der Waals surface area contributed by atoms with E-state index in [4.69, 9.17) is 13.1 Å². The summed E-state index contributed by atoms with van der Waals surface area (Å²) < 4.78 is 0. The lowest BCUT2D eigenvalue weighted by Crippen LogP contribution is -2.19. The molecule has 0 aromatic carbocycles. The number of nitrogens with zero attached hydrogens (tertiary/aromatic N) is 1. The van der Waals surface area contributed by atoms with E-state index in [1.54, 1.807) is 0 Å². The van der Waals surface area contributed by atoms with E-state index in [1.165, 1.54) is 0 Å². The highest BCUT2D eigenvalue weighted by Gasteiger charge is 2.12. The van der Waals surface area contributed by atoms with Crippen LogP contribution in [0.25, 0.3) is 0 Å². The second-order valence-electron chi connectivity index (χ2n) is 2.74. The van der Waals surface area contributed by atoms with Crippen LogP contribution in [-0.4, -0.2) is 18.7 Å². The first-order valence-electron chi connectivity index (χ1n) is 2.46. The largest absolute Gasteiger partial charge is 0.412 e. The molecule has 0 rings (SSSR count). The predicted octanol–water partition coefficient (Wildman–Crippen LogP) is 0.989. The van der Waals surface area contributed by atoms with E-state index < -0.39 is 0 Å². The topological polar surface area (TPSA) is 32.6 Å². The highest BCUT2D eigenvalue weighted by Crippen LogP contribution is 2.12. The van der Waals surface area contributed by atoms with Gasteiger partial charge in [-0.1, -0.05) is 20.8 Å². The van der Waals surface area contributed by atoms with Crippen LogP contribution in [0.3, 0.4) is 0 Å². The van der Waals surface area contributed by atoms with Crippen molar-refractivity contribution in [3.63, 3.8) is 0 Å². The van der Waals surface area contributed by atoms with Crippen LogP contribution in [0.1, 0.15) is 20.8 Å². The molecular weight excluding hydrogens is 101 g/mol. The summed E-state index contributed by atoms with van der Waals surface area (Å²) in [5.41, 5.74) is 0.0480. The minimum Gasteiger partial charge on any atom is -0.412 e. The highest BCUT2D eigenvalue weighted by molar-refractivity contribution is 6.60. The van der Waals surface area contributed by atoms with Crippen LogP contribution in [-0.2, 0) is 0 Å². The molecule has 0 aromatic rings. The van der Waals surface area contributed by atoms with Gasteiger partial charge in [-0.25, -0.2) is 0 Å². The summed E-state index contributed by atoms with van der Waals surface area (Å²) in [6.07, 6.45) is 0. The van der Waals surface area contributed by atoms with E-state index in [0.717, 1.165) is 0 Å². The first-order chi connectivity index (χ1) is 3.48. The van der Waals surface area contributed by atoms with Gasteiger partial charge in [-0.2, -0.15) is 0 Å². The van der Waals surface area contributed by atoms with E-state index >= 15 is 0 Å². The minimum atomic E-state index is -0.214. The van der Waals surface area contributed by atoms with Gasteiger partial charge in [-0.3, -0.25) is 0 Å². The lowest BCUT2D eigenvalue weighted by molar-refractivity contribution is 0.313. The zero-order valence-electron chi connectivity index (χ0n) is 5.47. The molecule has 0 spiro atoms. The molecule has 0 aliphatic heterocycles. The highest BCUT2D eigenvalue weighted by atomic mass is 16.4. The lowest BCUT2D eigenvalue weighted by atomic mass is 9.78. The maximum Gasteiger partial charge on any atom is 0.140 e. The van der Waals surface area contributed by atoms with Gasteiger partial charge in [0.2, 0.25) is 0 Å². The van der Waals surface area contributed by atoms with Crippen molar-refractivity contribution in [1.29, 1.82) is 0 Å². The Hall–Kier alpha value is -0.465. The van der Waals surface area contributed by atoms with Gasteiger partial charge in [0.05, 0.1) is 0 Å². The van der Waals surface area contributed by atoms with Gasteiger partial charge < -0.3 is 5.21 Å². The lowest BCUT2D eigenvalue weighted by Gasteiger charge is -2.15. The Bertz CT molecular complexity index is 103. The molecule has 3 heteroatoms. The average molecular weight is 111 g/mol. The third-order valence-electron chi connectivity index (χ3n) is 0.876. The Morgan fingerprint density at radius 3 is 1.88 bits per heavy atom. The fourth-order valence-electron chi connectivity index (χ4n) is 0.150. The molecule has 0 amide bonds. The zero-order chi connectivity index (χ0) is 6.78. The molecule has 2 nitrogen and oxygen atoms in total. The Kier molecular flexibility index (Phi) is 2.07. The molecule has 0 unspecified atom stereocenters. The number of hydrogen-bond acceptors (Lipinski definition) is 2. The van der Waals surface area contributed by atoms with E-state index in [2.05, 4.69) is 5.16 Å². The van der Waals surface area contributed by atoms with Crippen molar-refractivity contribution in [2.24, 2.45) is 10.6 Å². The SMILES string of the molecule is [B]/C(=N/O)C(C)(C)C. The van der Waals surface area contributed by atoms with Gasteiger partial charge in [-0.15, -0.1) is 5.16 Å². The number of oxime groups is 1. The number of hydrogen-bond donors (Lipinski definition) is 1. The molecule has 0 bridgehead atoms. The summed E-state index contributed by atoms with van der Waals surface area (Å²) in [7, 11) is 5.25. The van der Waals surface area contributed by atoms with Gasteiger partial charge in [-0.05, 0) is 5.41 Å². The van der Waals surface area contributed by atoms with Crippen molar-refractivity contribution in [3.05, 3.63) is 0 Å². The van der Waals surface area contributed by atoms with Gasteiger partial charge in [0.15, 0.2) is 0 Å². The van der Waals surface area contributed by atoms with Gasteiger partial charge in [0.1, 0.15) is 7.85 Å². The summed E-state index contributed by atoms with van der Waals surface area (Å²) >= 11 is 0. The molecule has 2 radical (unpaired) electrons. The van der Waals surface area contributed by atoms with Crippen molar-refractivity contribution < 1.29 is 5.21 Å². The average Bonchev–Trinajstić information content (AvgIpc) is 1.62. The third kappa shape index (κ3) is 2.00.